The molecule has 1 heteroatoms. The summed E-state index contributed by atoms with van der Waals surface area (Å²) in [6.45, 7) is 0. The van der Waals surface area contributed by atoms with Crippen molar-refractivity contribution in [2.75, 3.05) is 0 Å². The third-order valence-corrected chi connectivity index (χ3v) is 5.52. The Bertz CT molecular complexity index is 961. The molecule has 0 fully saturated rings. The van der Waals surface area contributed by atoms with Crippen molar-refractivity contribution >= 4 is 0 Å². The van der Waals surface area contributed by atoms with E-state index in [4.69, 9.17) is 0 Å². The van der Waals surface area contributed by atoms with E-state index in [9.17, 15) is 0 Å². The van der Waals surface area contributed by atoms with Crippen LogP contribution in [0.1, 0.15) is 23.1 Å². The summed E-state index contributed by atoms with van der Waals surface area (Å²) < 4.78 is 0. The van der Waals surface area contributed by atoms with Crippen molar-refractivity contribution in [1.29, 1.82) is 0 Å². The van der Waals surface area contributed by atoms with E-state index in [1.165, 1.54) is 45.5 Å². The van der Waals surface area contributed by atoms with Crippen LogP contribution in [0, 0.1) is 5.92 Å². The number of aryl methyl sites for hydroxylation is 1. The van der Waals surface area contributed by atoms with Gasteiger partial charge in [-0.25, -0.2) is 0 Å². The van der Waals surface area contributed by atoms with Crippen molar-refractivity contribution in [2.45, 2.75) is 19.3 Å². The first-order valence-corrected chi connectivity index (χ1v) is 9.12. The Hall–Kier alpha value is -2.80. The Balaban J connectivity index is 1.59. The van der Waals surface area contributed by atoms with Gasteiger partial charge in [0.15, 0.2) is 0 Å². The first-order valence-electron chi connectivity index (χ1n) is 9.12. The molecule has 25 heavy (non-hydrogen) atoms. The van der Waals surface area contributed by atoms with Crippen molar-refractivity contribution in [3.8, 4) is 22.4 Å². The molecule has 2 aliphatic carbocycles. The lowest BCUT2D eigenvalue weighted by atomic mass is 9.90. The van der Waals surface area contributed by atoms with Gasteiger partial charge in [-0.2, -0.15) is 0 Å². The summed E-state index contributed by atoms with van der Waals surface area (Å²) in [5, 5.41) is 0. The van der Waals surface area contributed by atoms with Crippen LogP contribution < -0.4 is 0 Å². The number of allylic oxidation sites excluding steroid dienone is 4. The fourth-order valence-corrected chi connectivity index (χ4v) is 4.28. The van der Waals surface area contributed by atoms with Crippen LogP contribution in [0.4, 0.5) is 0 Å². The average molecular weight is 323 g/mol. The van der Waals surface area contributed by atoms with E-state index in [0.29, 0.717) is 5.92 Å². The van der Waals surface area contributed by atoms with Gasteiger partial charge < -0.3 is 4.98 Å². The number of hydrogen-bond acceptors (Lipinski definition) is 0. The molecule has 122 valence electrons. The molecule has 0 spiro atoms. The molecule has 0 saturated heterocycles. The average Bonchev–Trinajstić information content (AvgIpc) is 3.39. The predicted octanol–water partition coefficient (Wildman–Crippen LogP) is 5.93. The van der Waals surface area contributed by atoms with E-state index in [1.54, 1.807) is 0 Å². The maximum absolute atomic E-state index is 3.45. The maximum Gasteiger partial charge on any atom is 0.0459 e. The molecule has 3 aromatic rings. The van der Waals surface area contributed by atoms with E-state index >= 15 is 0 Å². The van der Waals surface area contributed by atoms with Crippen molar-refractivity contribution in [1.82, 2.24) is 4.98 Å². The molecule has 1 heterocycles. The lowest BCUT2D eigenvalue weighted by Crippen LogP contribution is -1.99. The summed E-state index contributed by atoms with van der Waals surface area (Å²) in [5.41, 5.74) is 9.87. The Morgan fingerprint density at radius 3 is 2.60 bits per heavy atom. The van der Waals surface area contributed by atoms with Crippen molar-refractivity contribution in [2.24, 2.45) is 5.92 Å². The summed E-state index contributed by atoms with van der Waals surface area (Å²) >= 11 is 0. The minimum Gasteiger partial charge on any atom is -0.361 e. The van der Waals surface area contributed by atoms with Gasteiger partial charge in [-0.3, -0.25) is 0 Å². The molecule has 0 aliphatic heterocycles. The van der Waals surface area contributed by atoms with Gasteiger partial charge >= 0.3 is 0 Å². The standard InChI is InChI=1S/C24H21N/c1-2-7-17(6-1)11-12-18-13-14-21-20-9-4-3-8-19(20)16-22(21)24(18)23-10-5-15-25-23/h1-10,13-15,17,25H,11-12,16H2. The molecule has 0 bridgehead atoms. The second-order valence-corrected chi connectivity index (χ2v) is 7.02. The molecule has 2 aliphatic rings. The number of H-pyrrole nitrogens is 1. The van der Waals surface area contributed by atoms with Gasteiger partial charge in [-0.1, -0.05) is 60.7 Å². The zero-order chi connectivity index (χ0) is 16.6. The highest BCUT2D eigenvalue weighted by Gasteiger charge is 2.24. The first-order chi connectivity index (χ1) is 12.4. The van der Waals surface area contributed by atoms with Crippen molar-refractivity contribution in [3.63, 3.8) is 0 Å². The zero-order valence-corrected chi connectivity index (χ0v) is 14.2. The van der Waals surface area contributed by atoms with Crippen LogP contribution in [0.15, 0.2) is 79.0 Å². The molecule has 5 rings (SSSR count). The minimum atomic E-state index is 0.585. The lowest BCUT2D eigenvalue weighted by molar-refractivity contribution is 0.716. The molecular formula is C24H21N. The normalized spacial score (nSPS) is 14.9. The van der Waals surface area contributed by atoms with Gasteiger partial charge in [0.05, 0.1) is 0 Å². The fraction of sp³-hybridized carbons (Fsp3) is 0.167. The Labute approximate surface area is 148 Å². The van der Waals surface area contributed by atoms with Gasteiger partial charge in [0.25, 0.3) is 0 Å². The summed E-state index contributed by atoms with van der Waals surface area (Å²) in [5.74, 6) is 0.585. The highest BCUT2D eigenvalue weighted by molar-refractivity contribution is 5.85. The number of aromatic nitrogens is 1. The molecule has 1 N–H and O–H groups in total. The molecule has 0 radical (unpaired) electrons. The van der Waals surface area contributed by atoms with E-state index < -0.39 is 0 Å². The van der Waals surface area contributed by atoms with Gasteiger partial charge in [0.2, 0.25) is 0 Å². The number of hydrogen-bond donors (Lipinski definition) is 1. The molecule has 0 amide bonds. The monoisotopic (exact) mass is 323 g/mol. The second kappa shape index (κ2) is 5.93. The lowest BCUT2D eigenvalue weighted by Gasteiger charge is -2.15. The van der Waals surface area contributed by atoms with E-state index in [2.05, 4.69) is 77.8 Å². The quantitative estimate of drug-likeness (QED) is 0.479. The number of rotatable bonds is 4. The third kappa shape index (κ3) is 2.47. The molecule has 0 saturated carbocycles. The van der Waals surface area contributed by atoms with Gasteiger partial charge in [0, 0.05) is 17.5 Å². The molecule has 1 nitrogen and oxygen atoms in total. The van der Waals surface area contributed by atoms with Crippen LogP contribution in [0.25, 0.3) is 22.4 Å². The fourth-order valence-electron chi connectivity index (χ4n) is 4.28. The Morgan fingerprint density at radius 2 is 1.76 bits per heavy atom. The smallest absolute Gasteiger partial charge is 0.0459 e. The SMILES string of the molecule is C1=CC(CCc2ccc3c(c2-c2ccc[nH]2)Cc2ccccc2-3)C=C1. The van der Waals surface area contributed by atoms with Crippen LogP contribution in [0.3, 0.4) is 0 Å². The molecule has 2 aromatic carbocycles. The van der Waals surface area contributed by atoms with Gasteiger partial charge in [0.1, 0.15) is 0 Å². The highest BCUT2D eigenvalue weighted by Crippen LogP contribution is 2.43. The highest BCUT2D eigenvalue weighted by atomic mass is 14.7. The first kappa shape index (κ1) is 14.5. The van der Waals surface area contributed by atoms with Crippen LogP contribution in [0.5, 0.6) is 0 Å². The topological polar surface area (TPSA) is 15.8 Å². The third-order valence-electron chi connectivity index (χ3n) is 5.52. The Kier molecular flexibility index (Phi) is 3.45. The molecular weight excluding hydrogens is 302 g/mol. The largest absolute Gasteiger partial charge is 0.361 e. The van der Waals surface area contributed by atoms with Crippen LogP contribution >= 0.6 is 0 Å². The van der Waals surface area contributed by atoms with Gasteiger partial charge in [-0.15, -0.1) is 0 Å². The minimum absolute atomic E-state index is 0.585. The zero-order valence-electron chi connectivity index (χ0n) is 14.2. The van der Waals surface area contributed by atoms with E-state index in [-0.39, 0.29) is 0 Å². The molecule has 1 aromatic heterocycles. The van der Waals surface area contributed by atoms with E-state index in [0.717, 1.165) is 12.8 Å². The van der Waals surface area contributed by atoms with E-state index in [1.807, 2.05) is 6.20 Å². The number of nitrogens with one attached hydrogen (secondary N) is 1. The summed E-state index contributed by atoms with van der Waals surface area (Å²) in [4.78, 5) is 3.45. The van der Waals surface area contributed by atoms with Crippen molar-refractivity contribution < 1.29 is 0 Å². The molecule has 0 atom stereocenters. The maximum atomic E-state index is 3.45. The summed E-state index contributed by atoms with van der Waals surface area (Å²) in [6.07, 6.45) is 14.3. The van der Waals surface area contributed by atoms with Crippen molar-refractivity contribution in [3.05, 3.63) is 95.7 Å². The van der Waals surface area contributed by atoms with Gasteiger partial charge in [-0.05, 0) is 65.1 Å². The summed E-state index contributed by atoms with van der Waals surface area (Å²) in [7, 11) is 0. The number of fused-ring (bicyclic) bond motifs is 3. The van der Waals surface area contributed by atoms with Crippen LogP contribution in [0.2, 0.25) is 0 Å². The molecule has 0 unspecified atom stereocenters. The second-order valence-electron chi connectivity index (χ2n) is 7.02. The Morgan fingerprint density at radius 1 is 0.880 bits per heavy atom. The van der Waals surface area contributed by atoms with Crippen LogP contribution in [-0.2, 0) is 12.8 Å². The number of aromatic amines is 1. The number of benzene rings is 2. The van der Waals surface area contributed by atoms with Crippen LogP contribution in [-0.4, -0.2) is 4.98 Å². The predicted molar refractivity (Wildman–Crippen MR) is 105 cm³/mol. The summed E-state index contributed by atoms with van der Waals surface area (Å²) in [6, 6.07) is 17.8.